The molecule has 2 aromatic heterocycles. The molecule has 0 radical (unpaired) electrons. The van der Waals surface area contributed by atoms with E-state index in [-0.39, 0.29) is 11.2 Å². The smallest absolute Gasteiger partial charge is 0.353 e. The van der Waals surface area contributed by atoms with Crippen molar-refractivity contribution in [3.05, 3.63) is 59.3 Å². The van der Waals surface area contributed by atoms with E-state index >= 15 is 0 Å². The highest BCUT2D eigenvalue weighted by molar-refractivity contribution is 5.67. The van der Waals surface area contributed by atoms with Gasteiger partial charge in [-0.2, -0.15) is 18.2 Å². The first-order valence-corrected chi connectivity index (χ1v) is 14.5. The lowest BCUT2D eigenvalue weighted by atomic mass is 9.78. The number of pyridine rings is 1. The number of hydrogen-bond donors (Lipinski definition) is 0. The van der Waals surface area contributed by atoms with E-state index in [1.165, 1.54) is 23.4 Å². The summed E-state index contributed by atoms with van der Waals surface area (Å²) in [7, 11) is 2.16. The molecule has 10 heteroatoms. The molecule has 3 aromatic rings. The summed E-state index contributed by atoms with van der Waals surface area (Å²) in [6, 6.07) is 11.5. The quantitative estimate of drug-likeness (QED) is 0.409. The second-order valence-electron chi connectivity index (χ2n) is 12.4. The van der Waals surface area contributed by atoms with Crippen LogP contribution < -0.4 is 14.7 Å². The van der Waals surface area contributed by atoms with Crippen LogP contribution in [0.4, 0.5) is 30.8 Å². The largest absolute Gasteiger partial charge is 0.419 e. The summed E-state index contributed by atoms with van der Waals surface area (Å²) < 4.78 is 40.9. The highest BCUT2D eigenvalue weighted by Gasteiger charge is 2.36. The summed E-state index contributed by atoms with van der Waals surface area (Å²) in [5.74, 6) is 1.54. The molecule has 5 heterocycles. The molecule has 0 bridgehead atoms. The van der Waals surface area contributed by atoms with Gasteiger partial charge >= 0.3 is 6.18 Å². The lowest BCUT2D eigenvalue weighted by Crippen LogP contribution is -2.47. The van der Waals surface area contributed by atoms with Crippen LogP contribution in [-0.4, -0.2) is 72.2 Å². The van der Waals surface area contributed by atoms with Crippen molar-refractivity contribution in [3.8, 4) is 11.3 Å². The number of likely N-dealkylation sites (N-methyl/N-ethyl adjacent to an activating group) is 1. The van der Waals surface area contributed by atoms with Gasteiger partial charge in [0, 0.05) is 75.1 Å². The molecule has 1 atom stereocenters. The van der Waals surface area contributed by atoms with Crippen molar-refractivity contribution in [2.75, 3.05) is 61.0 Å². The van der Waals surface area contributed by atoms with Crippen molar-refractivity contribution in [2.45, 2.75) is 57.8 Å². The zero-order valence-corrected chi connectivity index (χ0v) is 24.2. The molecule has 0 N–H and O–H groups in total. The van der Waals surface area contributed by atoms with Crippen LogP contribution in [0, 0.1) is 0 Å². The summed E-state index contributed by atoms with van der Waals surface area (Å²) in [6.07, 6.45) is -0.806. The molecule has 0 spiro atoms. The standard InChI is InChI=1S/C31H38F3N7/c1-21-7-6-12-41(21)29-36-26(22-9-10-24-23(17-22)19-38(4)20-30(24,2)3)18-27(37-29)39-13-15-40(16-14-39)28-25(31(32,33)34)8-5-11-35-28/h5,8-11,17-18,21H,6-7,12-16,19-20H2,1-4H3. The van der Waals surface area contributed by atoms with Crippen molar-refractivity contribution < 1.29 is 13.2 Å². The number of anilines is 3. The summed E-state index contributed by atoms with van der Waals surface area (Å²) in [6.45, 7) is 11.6. The molecule has 0 saturated carbocycles. The number of alkyl halides is 3. The number of piperazine rings is 1. The zero-order chi connectivity index (χ0) is 28.9. The minimum Gasteiger partial charge on any atom is -0.353 e. The maximum atomic E-state index is 13.6. The predicted molar refractivity (Wildman–Crippen MR) is 157 cm³/mol. The minimum absolute atomic E-state index is 0.00319. The van der Waals surface area contributed by atoms with Crippen LogP contribution in [0.3, 0.4) is 0 Å². The van der Waals surface area contributed by atoms with Gasteiger partial charge in [0.25, 0.3) is 0 Å². The van der Waals surface area contributed by atoms with Crippen LogP contribution in [0.2, 0.25) is 0 Å². The first-order chi connectivity index (χ1) is 19.5. The molecule has 6 rings (SSSR count). The molecule has 0 amide bonds. The molecule has 2 saturated heterocycles. The van der Waals surface area contributed by atoms with Gasteiger partial charge in [0.2, 0.25) is 5.95 Å². The molecule has 2 fully saturated rings. The summed E-state index contributed by atoms with van der Waals surface area (Å²) >= 11 is 0. The van der Waals surface area contributed by atoms with Gasteiger partial charge in [-0.1, -0.05) is 26.0 Å². The number of rotatable bonds is 4. The second-order valence-corrected chi connectivity index (χ2v) is 12.4. The van der Waals surface area contributed by atoms with Gasteiger partial charge in [0.1, 0.15) is 11.6 Å². The van der Waals surface area contributed by atoms with Crippen molar-refractivity contribution >= 4 is 17.6 Å². The van der Waals surface area contributed by atoms with E-state index in [1.54, 1.807) is 4.90 Å². The lowest BCUT2D eigenvalue weighted by Gasteiger charge is -2.38. The first kappa shape index (κ1) is 27.8. The van der Waals surface area contributed by atoms with Crippen molar-refractivity contribution in [1.29, 1.82) is 0 Å². The lowest BCUT2D eigenvalue weighted by molar-refractivity contribution is -0.137. The van der Waals surface area contributed by atoms with Crippen LogP contribution in [0.25, 0.3) is 11.3 Å². The van der Waals surface area contributed by atoms with Crippen LogP contribution >= 0.6 is 0 Å². The van der Waals surface area contributed by atoms with E-state index in [1.807, 2.05) is 6.07 Å². The van der Waals surface area contributed by atoms with E-state index in [2.05, 4.69) is 65.7 Å². The van der Waals surface area contributed by atoms with Gasteiger partial charge in [-0.3, -0.25) is 0 Å². The topological polar surface area (TPSA) is 51.6 Å². The van der Waals surface area contributed by atoms with Gasteiger partial charge in [0.05, 0.1) is 11.3 Å². The number of fused-ring (bicyclic) bond motifs is 1. The highest BCUT2D eigenvalue weighted by Crippen LogP contribution is 2.38. The molecular formula is C31H38F3N7. The Balaban J connectivity index is 1.32. The Kier molecular flexibility index (Phi) is 7.08. The molecule has 1 aromatic carbocycles. The fourth-order valence-electron chi connectivity index (χ4n) is 6.76. The fourth-order valence-corrected chi connectivity index (χ4v) is 6.76. The number of benzene rings is 1. The van der Waals surface area contributed by atoms with E-state index in [0.29, 0.717) is 32.2 Å². The van der Waals surface area contributed by atoms with Crippen LogP contribution in [0.1, 0.15) is 50.3 Å². The van der Waals surface area contributed by atoms with E-state index < -0.39 is 11.7 Å². The number of nitrogens with zero attached hydrogens (tertiary/aromatic N) is 7. The molecule has 3 aliphatic rings. The molecule has 41 heavy (non-hydrogen) atoms. The molecule has 218 valence electrons. The van der Waals surface area contributed by atoms with Crippen molar-refractivity contribution in [3.63, 3.8) is 0 Å². The number of aromatic nitrogens is 3. The minimum atomic E-state index is -4.44. The van der Waals surface area contributed by atoms with Gasteiger partial charge in [-0.15, -0.1) is 0 Å². The Morgan fingerprint density at radius 2 is 1.71 bits per heavy atom. The molecule has 1 unspecified atom stereocenters. The number of halogens is 3. The van der Waals surface area contributed by atoms with Gasteiger partial charge in [-0.05, 0) is 56.1 Å². The average Bonchev–Trinajstić information content (AvgIpc) is 3.37. The second kappa shape index (κ2) is 10.5. The molecule has 7 nitrogen and oxygen atoms in total. The maximum absolute atomic E-state index is 13.6. The first-order valence-electron chi connectivity index (χ1n) is 14.5. The molecule has 0 aliphatic carbocycles. The fraction of sp³-hybridized carbons (Fsp3) is 0.516. The Morgan fingerprint density at radius 3 is 2.41 bits per heavy atom. The Bertz CT molecular complexity index is 1420. The van der Waals surface area contributed by atoms with Gasteiger partial charge < -0.3 is 19.6 Å². The molecule has 3 aliphatic heterocycles. The van der Waals surface area contributed by atoms with Crippen molar-refractivity contribution in [1.82, 2.24) is 19.9 Å². The Hall–Kier alpha value is -3.40. The van der Waals surface area contributed by atoms with E-state index in [9.17, 15) is 13.2 Å². The maximum Gasteiger partial charge on any atom is 0.419 e. The predicted octanol–water partition coefficient (Wildman–Crippen LogP) is 5.60. The van der Waals surface area contributed by atoms with Crippen LogP contribution in [-0.2, 0) is 18.1 Å². The van der Waals surface area contributed by atoms with Gasteiger partial charge in [-0.25, -0.2) is 9.97 Å². The third-order valence-electron chi connectivity index (χ3n) is 8.74. The summed E-state index contributed by atoms with van der Waals surface area (Å²) in [5, 5.41) is 0. The van der Waals surface area contributed by atoms with E-state index in [0.717, 1.165) is 61.6 Å². The van der Waals surface area contributed by atoms with Crippen LogP contribution in [0.15, 0.2) is 42.6 Å². The Labute approximate surface area is 240 Å². The summed E-state index contributed by atoms with van der Waals surface area (Å²) in [5.41, 5.74) is 4.03. The van der Waals surface area contributed by atoms with Crippen molar-refractivity contribution in [2.24, 2.45) is 0 Å². The third-order valence-corrected chi connectivity index (χ3v) is 8.74. The normalized spacial score (nSPS) is 21.3. The van der Waals surface area contributed by atoms with Crippen LogP contribution in [0.5, 0.6) is 0 Å². The SMILES string of the molecule is CC1CCCN1c1nc(-c2ccc3c(c2)CN(C)CC3(C)C)cc(N2CCN(c3ncccc3C(F)(F)F)CC2)n1. The number of hydrogen-bond acceptors (Lipinski definition) is 7. The Morgan fingerprint density at radius 1 is 0.951 bits per heavy atom. The molecular weight excluding hydrogens is 527 g/mol. The zero-order valence-electron chi connectivity index (χ0n) is 24.2. The highest BCUT2D eigenvalue weighted by atomic mass is 19.4. The average molecular weight is 566 g/mol. The summed E-state index contributed by atoms with van der Waals surface area (Å²) in [4.78, 5) is 22.7. The monoisotopic (exact) mass is 565 g/mol. The van der Waals surface area contributed by atoms with Gasteiger partial charge in [0.15, 0.2) is 0 Å². The third kappa shape index (κ3) is 5.46. The van der Waals surface area contributed by atoms with E-state index in [4.69, 9.17) is 9.97 Å².